The predicted molar refractivity (Wildman–Crippen MR) is 76.9 cm³/mol. The lowest BCUT2D eigenvalue weighted by Crippen LogP contribution is -2.10. The number of carbonyl (C=O) groups is 1. The number of hydrogen-bond donors (Lipinski definition) is 3. The van der Waals surface area contributed by atoms with E-state index in [2.05, 4.69) is 25.8 Å². The van der Waals surface area contributed by atoms with Gasteiger partial charge in [-0.25, -0.2) is 9.78 Å². The van der Waals surface area contributed by atoms with Crippen LogP contribution in [0.3, 0.4) is 0 Å². The van der Waals surface area contributed by atoms with Gasteiger partial charge in [0.05, 0.1) is 0 Å². The summed E-state index contributed by atoms with van der Waals surface area (Å²) < 4.78 is 1.52. The number of anilines is 3. The standard InChI is InChI=1S/C13H12N6O2/c1-8-4-2-3-5-9(8)15-10-11-17-18-12(16-13(20)21)19(11)7-6-14-10/h2-7H,1H3,(H,14,15)(H,16,18)(H,20,21). The fraction of sp³-hybridized carbons (Fsp3) is 0.0769. The Hall–Kier alpha value is -3.16. The van der Waals surface area contributed by atoms with Crippen molar-refractivity contribution in [2.24, 2.45) is 0 Å². The van der Waals surface area contributed by atoms with Crippen molar-refractivity contribution in [2.45, 2.75) is 6.92 Å². The Kier molecular flexibility index (Phi) is 3.11. The largest absolute Gasteiger partial charge is 0.465 e. The fourth-order valence-electron chi connectivity index (χ4n) is 1.94. The maximum absolute atomic E-state index is 10.7. The van der Waals surface area contributed by atoms with E-state index >= 15 is 0 Å². The molecule has 3 aromatic rings. The maximum Gasteiger partial charge on any atom is 0.411 e. The van der Waals surface area contributed by atoms with Crippen LogP contribution in [0.1, 0.15) is 5.56 Å². The quantitative estimate of drug-likeness (QED) is 0.681. The molecule has 0 atom stereocenters. The lowest BCUT2D eigenvalue weighted by atomic mass is 10.2. The van der Waals surface area contributed by atoms with Gasteiger partial charge in [0.1, 0.15) is 0 Å². The third-order valence-electron chi connectivity index (χ3n) is 2.94. The van der Waals surface area contributed by atoms with E-state index < -0.39 is 6.09 Å². The number of aromatic nitrogens is 4. The summed E-state index contributed by atoms with van der Waals surface area (Å²) in [6.07, 6.45) is 1.93. The molecule has 106 valence electrons. The van der Waals surface area contributed by atoms with Crippen molar-refractivity contribution >= 4 is 29.2 Å². The Labute approximate surface area is 119 Å². The summed E-state index contributed by atoms with van der Waals surface area (Å²) in [5.41, 5.74) is 2.39. The highest BCUT2D eigenvalue weighted by Gasteiger charge is 2.12. The van der Waals surface area contributed by atoms with E-state index in [0.29, 0.717) is 11.5 Å². The molecule has 0 bridgehead atoms. The second-order valence-corrected chi connectivity index (χ2v) is 4.36. The van der Waals surface area contributed by atoms with Crippen LogP contribution in [0, 0.1) is 6.92 Å². The van der Waals surface area contributed by atoms with E-state index in [1.807, 2.05) is 31.2 Å². The highest BCUT2D eigenvalue weighted by molar-refractivity contribution is 5.82. The lowest BCUT2D eigenvalue weighted by Gasteiger charge is -2.09. The van der Waals surface area contributed by atoms with Crippen LogP contribution in [0.15, 0.2) is 36.7 Å². The highest BCUT2D eigenvalue weighted by Crippen LogP contribution is 2.22. The molecular formula is C13H12N6O2. The van der Waals surface area contributed by atoms with Gasteiger partial charge in [-0.05, 0) is 18.6 Å². The molecule has 8 nitrogen and oxygen atoms in total. The van der Waals surface area contributed by atoms with E-state index in [0.717, 1.165) is 11.3 Å². The molecule has 0 radical (unpaired) electrons. The van der Waals surface area contributed by atoms with Crippen LogP contribution >= 0.6 is 0 Å². The molecule has 0 aliphatic heterocycles. The van der Waals surface area contributed by atoms with Gasteiger partial charge in [-0.15, -0.1) is 10.2 Å². The zero-order valence-corrected chi connectivity index (χ0v) is 11.1. The van der Waals surface area contributed by atoms with Crippen LogP contribution in [0.25, 0.3) is 5.65 Å². The first-order valence-corrected chi connectivity index (χ1v) is 6.17. The van der Waals surface area contributed by atoms with Gasteiger partial charge in [-0.2, -0.15) is 0 Å². The third kappa shape index (κ3) is 2.46. The van der Waals surface area contributed by atoms with Crippen molar-refractivity contribution in [1.82, 2.24) is 19.6 Å². The Morgan fingerprint density at radius 2 is 2.10 bits per heavy atom. The zero-order valence-electron chi connectivity index (χ0n) is 11.1. The van der Waals surface area contributed by atoms with E-state index in [-0.39, 0.29) is 5.95 Å². The molecular weight excluding hydrogens is 272 g/mol. The summed E-state index contributed by atoms with van der Waals surface area (Å²) in [6, 6.07) is 7.76. The number of aryl methyl sites for hydroxylation is 1. The maximum atomic E-state index is 10.7. The van der Waals surface area contributed by atoms with Gasteiger partial charge in [-0.1, -0.05) is 18.2 Å². The van der Waals surface area contributed by atoms with E-state index in [4.69, 9.17) is 5.11 Å². The molecule has 3 N–H and O–H groups in total. The predicted octanol–water partition coefficient (Wildman–Crippen LogP) is 2.27. The molecule has 0 saturated heterocycles. The van der Waals surface area contributed by atoms with Crippen molar-refractivity contribution < 1.29 is 9.90 Å². The Balaban J connectivity index is 2.02. The topological polar surface area (TPSA) is 104 Å². The minimum Gasteiger partial charge on any atom is -0.465 e. The molecule has 8 heteroatoms. The molecule has 0 aliphatic carbocycles. The van der Waals surface area contributed by atoms with E-state index in [1.54, 1.807) is 12.4 Å². The van der Waals surface area contributed by atoms with Crippen LogP contribution in [0.5, 0.6) is 0 Å². The van der Waals surface area contributed by atoms with Gasteiger partial charge >= 0.3 is 6.09 Å². The second kappa shape index (κ2) is 5.08. The third-order valence-corrected chi connectivity index (χ3v) is 2.94. The Bertz CT molecular complexity index is 813. The number of rotatable bonds is 3. The van der Waals surface area contributed by atoms with Gasteiger partial charge in [0, 0.05) is 18.1 Å². The lowest BCUT2D eigenvalue weighted by molar-refractivity contribution is 0.209. The minimum atomic E-state index is -1.20. The normalized spacial score (nSPS) is 10.5. The van der Waals surface area contributed by atoms with Gasteiger partial charge in [0.15, 0.2) is 5.82 Å². The summed E-state index contributed by atoms with van der Waals surface area (Å²) in [6.45, 7) is 1.98. The van der Waals surface area contributed by atoms with Crippen LogP contribution in [0.2, 0.25) is 0 Å². The number of hydrogen-bond acceptors (Lipinski definition) is 5. The Morgan fingerprint density at radius 1 is 1.29 bits per heavy atom. The zero-order chi connectivity index (χ0) is 14.8. The molecule has 0 saturated carbocycles. The number of fused-ring (bicyclic) bond motifs is 1. The fourth-order valence-corrected chi connectivity index (χ4v) is 1.94. The number of nitrogens with zero attached hydrogens (tertiary/aromatic N) is 4. The van der Waals surface area contributed by atoms with Crippen molar-refractivity contribution in [3.63, 3.8) is 0 Å². The van der Waals surface area contributed by atoms with Gasteiger partial charge in [0.25, 0.3) is 0 Å². The smallest absolute Gasteiger partial charge is 0.411 e. The molecule has 0 spiro atoms. The molecule has 1 amide bonds. The van der Waals surface area contributed by atoms with E-state index in [1.165, 1.54) is 4.40 Å². The molecule has 2 heterocycles. The number of carboxylic acid groups (broad SMARTS) is 1. The molecule has 21 heavy (non-hydrogen) atoms. The average molecular weight is 284 g/mol. The minimum absolute atomic E-state index is 0.118. The summed E-state index contributed by atoms with van der Waals surface area (Å²) in [5.74, 6) is 0.616. The van der Waals surface area contributed by atoms with E-state index in [9.17, 15) is 4.79 Å². The van der Waals surface area contributed by atoms with Gasteiger partial charge in [0.2, 0.25) is 11.6 Å². The number of benzene rings is 1. The SMILES string of the molecule is Cc1ccccc1Nc1nccn2c(NC(=O)O)nnc12. The average Bonchev–Trinajstić information content (AvgIpc) is 2.85. The molecule has 3 rings (SSSR count). The molecule has 1 aromatic carbocycles. The summed E-state index contributed by atoms with van der Waals surface area (Å²) in [5, 5.41) is 21.9. The summed E-state index contributed by atoms with van der Waals surface area (Å²) in [4.78, 5) is 14.9. The van der Waals surface area contributed by atoms with Gasteiger partial charge < -0.3 is 10.4 Å². The first-order valence-electron chi connectivity index (χ1n) is 6.17. The van der Waals surface area contributed by atoms with Crippen molar-refractivity contribution in [3.05, 3.63) is 42.2 Å². The summed E-state index contributed by atoms with van der Waals surface area (Å²) in [7, 11) is 0. The summed E-state index contributed by atoms with van der Waals surface area (Å²) >= 11 is 0. The molecule has 0 aliphatic rings. The van der Waals surface area contributed by atoms with Crippen LogP contribution in [-0.2, 0) is 0 Å². The van der Waals surface area contributed by atoms with Crippen LogP contribution in [-0.4, -0.2) is 30.8 Å². The van der Waals surface area contributed by atoms with Crippen LogP contribution < -0.4 is 10.6 Å². The second-order valence-electron chi connectivity index (χ2n) is 4.36. The number of nitrogens with one attached hydrogen (secondary N) is 2. The molecule has 0 fully saturated rings. The molecule has 0 unspecified atom stereocenters. The monoisotopic (exact) mass is 284 g/mol. The van der Waals surface area contributed by atoms with Crippen LogP contribution in [0.4, 0.5) is 22.2 Å². The number of para-hydroxylation sites is 1. The first-order chi connectivity index (χ1) is 10.1. The Morgan fingerprint density at radius 3 is 2.86 bits per heavy atom. The van der Waals surface area contributed by atoms with Gasteiger partial charge in [-0.3, -0.25) is 9.72 Å². The first kappa shape index (κ1) is 12.9. The highest BCUT2D eigenvalue weighted by atomic mass is 16.4. The van der Waals surface area contributed by atoms with Crippen molar-refractivity contribution in [1.29, 1.82) is 0 Å². The van der Waals surface area contributed by atoms with Crippen molar-refractivity contribution in [3.8, 4) is 0 Å². The molecule has 2 aromatic heterocycles. The van der Waals surface area contributed by atoms with Crippen molar-refractivity contribution in [2.75, 3.05) is 10.6 Å². The number of amides is 1.